The van der Waals surface area contributed by atoms with Crippen molar-refractivity contribution in [3.05, 3.63) is 0 Å². The van der Waals surface area contributed by atoms with Gasteiger partial charge in [0.15, 0.2) is 0 Å². The molecule has 1 amide bonds. The predicted octanol–water partition coefficient (Wildman–Crippen LogP) is -0.565. The van der Waals surface area contributed by atoms with Crippen molar-refractivity contribution in [1.29, 1.82) is 0 Å². The van der Waals surface area contributed by atoms with Gasteiger partial charge < -0.3 is 16.8 Å². The van der Waals surface area contributed by atoms with Gasteiger partial charge in [-0.15, -0.1) is 0 Å². The largest absolute Gasteiger partial charge is 0.370 e. The van der Waals surface area contributed by atoms with Crippen LogP contribution < -0.4 is 16.8 Å². The van der Waals surface area contributed by atoms with Crippen LogP contribution >= 0.6 is 0 Å². The summed E-state index contributed by atoms with van der Waals surface area (Å²) in [6.45, 7) is 5.50. The molecule has 0 aliphatic rings. The lowest BCUT2D eigenvalue weighted by atomic mass is 10.1. The number of amides is 1. The van der Waals surface area contributed by atoms with Gasteiger partial charge in [-0.3, -0.25) is 4.79 Å². The molecule has 0 rings (SSSR count). The van der Waals surface area contributed by atoms with Gasteiger partial charge in [0.25, 0.3) is 0 Å². The third-order valence-electron chi connectivity index (χ3n) is 1.78. The number of hydrogen-bond acceptors (Lipinski definition) is 3. The maximum Gasteiger partial charge on any atom is 0.218 e. The van der Waals surface area contributed by atoms with E-state index >= 15 is 0 Å². The molecule has 12 heavy (non-hydrogen) atoms. The SMILES string of the molecule is CC(C)C(N)CNCCC(N)=O. The number of primary amides is 1. The van der Waals surface area contributed by atoms with Crippen LogP contribution in [0, 0.1) is 5.92 Å². The van der Waals surface area contributed by atoms with Crippen LogP contribution in [0.25, 0.3) is 0 Å². The second kappa shape index (κ2) is 5.97. The molecule has 0 aliphatic heterocycles. The molecular formula is C8H19N3O. The molecule has 1 unspecified atom stereocenters. The van der Waals surface area contributed by atoms with E-state index in [1.165, 1.54) is 0 Å². The first-order valence-corrected chi connectivity index (χ1v) is 4.28. The van der Waals surface area contributed by atoms with Crippen LogP contribution in [-0.4, -0.2) is 25.0 Å². The summed E-state index contributed by atoms with van der Waals surface area (Å²) in [6.07, 6.45) is 0.380. The molecule has 0 aliphatic carbocycles. The van der Waals surface area contributed by atoms with Crippen molar-refractivity contribution in [3.63, 3.8) is 0 Å². The van der Waals surface area contributed by atoms with Crippen LogP contribution in [-0.2, 0) is 4.79 Å². The fraction of sp³-hybridized carbons (Fsp3) is 0.875. The standard InChI is InChI=1S/C8H19N3O/c1-6(2)7(9)5-11-4-3-8(10)12/h6-7,11H,3-5,9H2,1-2H3,(H2,10,12). The van der Waals surface area contributed by atoms with Gasteiger partial charge in [0, 0.05) is 25.6 Å². The van der Waals surface area contributed by atoms with Gasteiger partial charge in [-0.25, -0.2) is 0 Å². The van der Waals surface area contributed by atoms with Crippen molar-refractivity contribution >= 4 is 5.91 Å². The molecule has 0 spiro atoms. The lowest BCUT2D eigenvalue weighted by Crippen LogP contribution is -2.38. The number of hydrogen-bond donors (Lipinski definition) is 3. The smallest absolute Gasteiger partial charge is 0.218 e. The minimum absolute atomic E-state index is 0.151. The minimum Gasteiger partial charge on any atom is -0.370 e. The highest BCUT2D eigenvalue weighted by molar-refractivity contribution is 5.73. The van der Waals surface area contributed by atoms with Crippen LogP contribution in [0.5, 0.6) is 0 Å². The zero-order valence-electron chi connectivity index (χ0n) is 7.84. The lowest BCUT2D eigenvalue weighted by molar-refractivity contribution is -0.117. The predicted molar refractivity (Wildman–Crippen MR) is 49.5 cm³/mol. The third-order valence-corrected chi connectivity index (χ3v) is 1.78. The maximum absolute atomic E-state index is 10.3. The Morgan fingerprint density at radius 3 is 2.50 bits per heavy atom. The molecule has 4 nitrogen and oxygen atoms in total. The monoisotopic (exact) mass is 173 g/mol. The Morgan fingerprint density at radius 2 is 2.08 bits per heavy atom. The fourth-order valence-corrected chi connectivity index (χ4v) is 0.716. The summed E-state index contributed by atoms with van der Waals surface area (Å²) < 4.78 is 0. The first-order chi connectivity index (χ1) is 5.54. The van der Waals surface area contributed by atoms with Gasteiger partial charge in [0.1, 0.15) is 0 Å². The van der Waals surface area contributed by atoms with E-state index in [1.54, 1.807) is 0 Å². The number of nitrogens with two attached hydrogens (primary N) is 2. The molecule has 0 saturated heterocycles. The number of carbonyl (C=O) groups excluding carboxylic acids is 1. The van der Waals surface area contributed by atoms with E-state index in [1.807, 2.05) is 0 Å². The summed E-state index contributed by atoms with van der Waals surface area (Å²) in [5.41, 5.74) is 10.7. The second-order valence-electron chi connectivity index (χ2n) is 3.33. The van der Waals surface area contributed by atoms with E-state index in [0.29, 0.717) is 18.9 Å². The molecular weight excluding hydrogens is 154 g/mol. The van der Waals surface area contributed by atoms with Gasteiger partial charge in [-0.2, -0.15) is 0 Å². The molecule has 0 fully saturated rings. The third kappa shape index (κ3) is 6.12. The Labute approximate surface area is 73.7 Å². The molecule has 0 bridgehead atoms. The van der Waals surface area contributed by atoms with Crippen LogP contribution in [0.1, 0.15) is 20.3 Å². The van der Waals surface area contributed by atoms with Crippen molar-refractivity contribution in [2.45, 2.75) is 26.3 Å². The van der Waals surface area contributed by atoms with E-state index in [4.69, 9.17) is 11.5 Å². The Morgan fingerprint density at radius 1 is 1.50 bits per heavy atom. The van der Waals surface area contributed by atoms with E-state index < -0.39 is 0 Å². The van der Waals surface area contributed by atoms with Crippen LogP contribution in [0.2, 0.25) is 0 Å². The van der Waals surface area contributed by atoms with Crippen molar-refractivity contribution in [2.24, 2.45) is 17.4 Å². The van der Waals surface area contributed by atoms with Crippen LogP contribution in [0.4, 0.5) is 0 Å². The highest BCUT2D eigenvalue weighted by Gasteiger charge is 2.05. The average molecular weight is 173 g/mol. The maximum atomic E-state index is 10.3. The Bertz CT molecular complexity index is 136. The number of nitrogens with one attached hydrogen (secondary N) is 1. The van der Waals surface area contributed by atoms with Crippen molar-refractivity contribution < 1.29 is 4.79 Å². The highest BCUT2D eigenvalue weighted by Crippen LogP contribution is 1.95. The zero-order valence-corrected chi connectivity index (χ0v) is 7.84. The fourth-order valence-electron chi connectivity index (χ4n) is 0.716. The van der Waals surface area contributed by atoms with Crippen molar-refractivity contribution in [1.82, 2.24) is 5.32 Å². The first-order valence-electron chi connectivity index (χ1n) is 4.28. The Kier molecular flexibility index (Phi) is 5.66. The molecule has 4 heteroatoms. The van der Waals surface area contributed by atoms with Gasteiger partial charge >= 0.3 is 0 Å². The van der Waals surface area contributed by atoms with Crippen LogP contribution in [0.3, 0.4) is 0 Å². The molecule has 1 atom stereocenters. The molecule has 0 aromatic carbocycles. The molecule has 0 aromatic heterocycles. The quantitative estimate of drug-likeness (QED) is 0.471. The molecule has 0 radical (unpaired) electrons. The van der Waals surface area contributed by atoms with E-state index in [2.05, 4.69) is 19.2 Å². The summed E-state index contributed by atoms with van der Waals surface area (Å²) in [5, 5.41) is 3.07. The minimum atomic E-state index is -0.277. The molecule has 0 aromatic rings. The van der Waals surface area contributed by atoms with Crippen molar-refractivity contribution in [3.8, 4) is 0 Å². The lowest BCUT2D eigenvalue weighted by Gasteiger charge is -2.15. The van der Waals surface area contributed by atoms with E-state index in [-0.39, 0.29) is 11.9 Å². The van der Waals surface area contributed by atoms with E-state index in [0.717, 1.165) is 6.54 Å². The summed E-state index contributed by atoms with van der Waals surface area (Å²) in [7, 11) is 0. The number of carbonyl (C=O) groups is 1. The first kappa shape index (κ1) is 11.4. The van der Waals surface area contributed by atoms with Gasteiger partial charge in [0.05, 0.1) is 0 Å². The topological polar surface area (TPSA) is 81.1 Å². The highest BCUT2D eigenvalue weighted by atomic mass is 16.1. The summed E-state index contributed by atoms with van der Waals surface area (Å²) in [6, 6.07) is 0.151. The molecule has 0 heterocycles. The van der Waals surface area contributed by atoms with Crippen molar-refractivity contribution in [2.75, 3.05) is 13.1 Å². The second-order valence-corrected chi connectivity index (χ2v) is 3.33. The molecule has 72 valence electrons. The van der Waals surface area contributed by atoms with Crippen LogP contribution in [0.15, 0.2) is 0 Å². The summed E-state index contributed by atoms with van der Waals surface area (Å²) >= 11 is 0. The normalized spacial score (nSPS) is 13.3. The Hall–Kier alpha value is -0.610. The zero-order chi connectivity index (χ0) is 9.56. The van der Waals surface area contributed by atoms with Gasteiger partial charge in [0.2, 0.25) is 5.91 Å². The summed E-state index contributed by atoms with van der Waals surface area (Å²) in [5.74, 6) is 0.187. The average Bonchev–Trinajstić information content (AvgIpc) is 1.97. The van der Waals surface area contributed by atoms with Gasteiger partial charge in [-0.05, 0) is 5.92 Å². The summed E-state index contributed by atoms with van der Waals surface area (Å²) in [4.78, 5) is 10.3. The molecule has 5 N–H and O–H groups in total. The Balaban J connectivity index is 3.25. The van der Waals surface area contributed by atoms with E-state index in [9.17, 15) is 4.79 Å². The van der Waals surface area contributed by atoms with Gasteiger partial charge in [-0.1, -0.05) is 13.8 Å². The number of rotatable bonds is 6. The molecule has 0 saturated carbocycles.